The number of aromatic nitrogens is 2. The molecule has 0 bridgehead atoms. The largest absolute Gasteiger partial charge is 0.476 e. The zero-order valence-electron chi connectivity index (χ0n) is 9.20. The van der Waals surface area contributed by atoms with Crippen molar-refractivity contribution in [1.82, 2.24) is 9.97 Å². The van der Waals surface area contributed by atoms with Gasteiger partial charge in [-0.15, -0.1) is 11.3 Å². The molecule has 88 valence electrons. The van der Waals surface area contributed by atoms with E-state index in [1.807, 2.05) is 30.3 Å². The lowest BCUT2D eigenvalue weighted by Gasteiger charge is -2.01. The molecule has 0 saturated heterocycles. The van der Waals surface area contributed by atoms with Crippen molar-refractivity contribution in [3.63, 3.8) is 0 Å². The van der Waals surface area contributed by atoms with Crippen LogP contribution in [0.4, 0.5) is 0 Å². The third-order valence-corrected chi connectivity index (χ3v) is 3.46. The third kappa shape index (κ3) is 1.74. The van der Waals surface area contributed by atoms with Gasteiger partial charge in [-0.2, -0.15) is 0 Å². The molecule has 18 heavy (non-hydrogen) atoms. The Bertz CT molecular complexity index is 731. The Morgan fingerprint density at radius 3 is 2.83 bits per heavy atom. The van der Waals surface area contributed by atoms with Crippen molar-refractivity contribution in [2.75, 3.05) is 0 Å². The smallest absolute Gasteiger partial charge is 0.355 e. The summed E-state index contributed by atoms with van der Waals surface area (Å²) < 4.78 is 0. The SMILES string of the molecule is O=C(O)c1csc(-c2cccc3cccnc23)n1. The number of carbonyl (C=O) groups is 1. The van der Waals surface area contributed by atoms with Crippen LogP contribution >= 0.6 is 11.3 Å². The molecule has 0 fully saturated rings. The molecule has 3 aromatic rings. The molecule has 0 aliphatic carbocycles. The fourth-order valence-electron chi connectivity index (χ4n) is 1.77. The van der Waals surface area contributed by atoms with E-state index in [4.69, 9.17) is 5.11 Å². The van der Waals surface area contributed by atoms with E-state index >= 15 is 0 Å². The minimum absolute atomic E-state index is 0.0722. The van der Waals surface area contributed by atoms with Crippen molar-refractivity contribution in [2.45, 2.75) is 0 Å². The van der Waals surface area contributed by atoms with Crippen LogP contribution in [-0.2, 0) is 0 Å². The van der Waals surface area contributed by atoms with E-state index in [0.717, 1.165) is 16.5 Å². The molecule has 0 amide bonds. The van der Waals surface area contributed by atoms with E-state index in [1.54, 1.807) is 11.6 Å². The average Bonchev–Trinajstić information content (AvgIpc) is 2.87. The maximum Gasteiger partial charge on any atom is 0.355 e. The lowest BCUT2D eigenvalue weighted by molar-refractivity contribution is 0.0691. The van der Waals surface area contributed by atoms with Crippen molar-refractivity contribution in [2.24, 2.45) is 0 Å². The number of fused-ring (bicyclic) bond motifs is 1. The Morgan fingerprint density at radius 2 is 2.06 bits per heavy atom. The lowest BCUT2D eigenvalue weighted by Crippen LogP contribution is -1.95. The summed E-state index contributed by atoms with van der Waals surface area (Å²) in [5.41, 5.74) is 1.78. The fourth-order valence-corrected chi connectivity index (χ4v) is 2.59. The number of pyridine rings is 1. The van der Waals surface area contributed by atoms with Gasteiger partial charge in [0.2, 0.25) is 0 Å². The molecule has 1 aromatic carbocycles. The highest BCUT2D eigenvalue weighted by Crippen LogP contribution is 2.29. The van der Waals surface area contributed by atoms with E-state index in [0.29, 0.717) is 5.01 Å². The van der Waals surface area contributed by atoms with Gasteiger partial charge in [-0.1, -0.05) is 18.2 Å². The van der Waals surface area contributed by atoms with Gasteiger partial charge in [-0.3, -0.25) is 4.98 Å². The molecular formula is C13H8N2O2S. The van der Waals surface area contributed by atoms with Crippen LogP contribution in [0.3, 0.4) is 0 Å². The number of rotatable bonds is 2. The van der Waals surface area contributed by atoms with Gasteiger partial charge in [0.1, 0.15) is 5.01 Å². The van der Waals surface area contributed by atoms with E-state index in [9.17, 15) is 4.79 Å². The summed E-state index contributed by atoms with van der Waals surface area (Å²) in [5, 5.41) is 12.1. The van der Waals surface area contributed by atoms with Crippen LogP contribution in [-0.4, -0.2) is 21.0 Å². The topological polar surface area (TPSA) is 63.1 Å². The predicted molar refractivity (Wildman–Crippen MR) is 69.8 cm³/mol. The molecule has 0 saturated carbocycles. The van der Waals surface area contributed by atoms with Gasteiger partial charge in [-0.25, -0.2) is 9.78 Å². The molecule has 0 spiro atoms. The van der Waals surface area contributed by atoms with Crippen LogP contribution in [0.5, 0.6) is 0 Å². The molecule has 2 heterocycles. The van der Waals surface area contributed by atoms with Crippen LogP contribution in [0.1, 0.15) is 10.5 Å². The summed E-state index contributed by atoms with van der Waals surface area (Å²) in [6.45, 7) is 0. The predicted octanol–water partition coefficient (Wildman–Crippen LogP) is 3.06. The first kappa shape index (κ1) is 10.9. The zero-order chi connectivity index (χ0) is 12.5. The Labute approximate surface area is 107 Å². The number of nitrogens with zero attached hydrogens (tertiary/aromatic N) is 2. The number of hydrogen-bond donors (Lipinski definition) is 1. The summed E-state index contributed by atoms with van der Waals surface area (Å²) in [4.78, 5) is 19.3. The van der Waals surface area contributed by atoms with Gasteiger partial charge in [0, 0.05) is 22.5 Å². The van der Waals surface area contributed by atoms with Crippen LogP contribution in [0.2, 0.25) is 0 Å². The second kappa shape index (κ2) is 4.19. The van der Waals surface area contributed by atoms with Gasteiger partial charge in [0.25, 0.3) is 0 Å². The average molecular weight is 256 g/mol. The van der Waals surface area contributed by atoms with Crippen molar-refractivity contribution >= 4 is 28.2 Å². The van der Waals surface area contributed by atoms with Crippen LogP contribution in [0, 0.1) is 0 Å². The van der Waals surface area contributed by atoms with E-state index in [-0.39, 0.29) is 5.69 Å². The van der Waals surface area contributed by atoms with Gasteiger partial charge in [0.15, 0.2) is 5.69 Å². The summed E-state index contributed by atoms with van der Waals surface area (Å²) in [6, 6.07) is 9.63. The molecule has 4 nitrogen and oxygen atoms in total. The second-order valence-corrected chi connectivity index (χ2v) is 4.58. The highest BCUT2D eigenvalue weighted by molar-refractivity contribution is 7.13. The first-order valence-electron chi connectivity index (χ1n) is 5.28. The summed E-state index contributed by atoms with van der Waals surface area (Å²) in [6.07, 6.45) is 1.72. The number of benzene rings is 1. The molecule has 1 N–H and O–H groups in total. The summed E-state index contributed by atoms with van der Waals surface area (Å²) in [5.74, 6) is -1.01. The molecule has 0 radical (unpaired) electrons. The highest BCUT2D eigenvalue weighted by Gasteiger charge is 2.12. The lowest BCUT2D eigenvalue weighted by atomic mass is 10.1. The third-order valence-electron chi connectivity index (χ3n) is 2.59. The molecular weight excluding hydrogens is 248 g/mol. The molecule has 0 aliphatic rings. The standard InChI is InChI=1S/C13H8N2O2S/c16-13(17)10-7-18-12(15-10)9-5-1-3-8-4-2-6-14-11(8)9/h1-7H,(H,16,17). The monoisotopic (exact) mass is 256 g/mol. The molecule has 5 heteroatoms. The second-order valence-electron chi connectivity index (χ2n) is 3.72. The minimum atomic E-state index is -1.01. The Morgan fingerprint density at radius 1 is 1.22 bits per heavy atom. The quantitative estimate of drug-likeness (QED) is 0.765. The van der Waals surface area contributed by atoms with Gasteiger partial charge in [0.05, 0.1) is 5.52 Å². The first-order valence-corrected chi connectivity index (χ1v) is 6.16. The minimum Gasteiger partial charge on any atom is -0.476 e. The Balaban J connectivity index is 2.21. The first-order chi connectivity index (χ1) is 8.75. The fraction of sp³-hybridized carbons (Fsp3) is 0. The van der Waals surface area contributed by atoms with Crippen LogP contribution in [0.25, 0.3) is 21.5 Å². The summed E-state index contributed by atoms with van der Waals surface area (Å²) in [7, 11) is 0. The maximum atomic E-state index is 10.8. The number of hydrogen-bond acceptors (Lipinski definition) is 4. The molecule has 0 aliphatic heterocycles. The van der Waals surface area contributed by atoms with E-state index in [1.165, 1.54) is 11.3 Å². The van der Waals surface area contributed by atoms with Crippen molar-refractivity contribution in [1.29, 1.82) is 0 Å². The zero-order valence-corrected chi connectivity index (χ0v) is 10.0. The van der Waals surface area contributed by atoms with Gasteiger partial charge >= 0.3 is 5.97 Å². The summed E-state index contributed by atoms with van der Waals surface area (Å²) >= 11 is 1.31. The van der Waals surface area contributed by atoms with Crippen molar-refractivity contribution in [3.8, 4) is 10.6 Å². The number of carboxylic acids is 1. The van der Waals surface area contributed by atoms with Crippen molar-refractivity contribution in [3.05, 3.63) is 47.6 Å². The number of thiazole rings is 1. The number of carboxylic acid groups (broad SMARTS) is 1. The molecule has 3 rings (SSSR count). The van der Waals surface area contributed by atoms with Crippen LogP contribution < -0.4 is 0 Å². The van der Waals surface area contributed by atoms with Gasteiger partial charge in [-0.05, 0) is 12.1 Å². The van der Waals surface area contributed by atoms with E-state index in [2.05, 4.69) is 9.97 Å². The number of aromatic carboxylic acids is 1. The molecule has 0 unspecified atom stereocenters. The Kier molecular flexibility index (Phi) is 2.53. The molecule has 2 aromatic heterocycles. The maximum absolute atomic E-state index is 10.8. The highest BCUT2D eigenvalue weighted by atomic mass is 32.1. The van der Waals surface area contributed by atoms with Crippen molar-refractivity contribution < 1.29 is 9.90 Å². The van der Waals surface area contributed by atoms with Gasteiger partial charge < -0.3 is 5.11 Å². The molecule has 0 atom stereocenters. The Hall–Kier alpha value is -2.27. The van der Waals surface area contributed by atoms with E-state index < -0.39 is 5.97 Å². The number of para-hydroxylation sites is 1. The normalized spacial score (nSPS) is 10.7. The van der Waals surface area contributed by atoms with Crippen LogP contribution in [0.15, 0.2) is 41.9 Å².